The quantitative estimate of drug-likeness (QED) is 0.867. The Bertz CT molecular complexity index is 793. The first-order chi connectivity index (χ1) is 11.4. The summed E-state index contributed by atoms with van der Waals surface area (Å²) in [5.74, 6) is -0.133. The van der Waals surface area contributed by atoms with Crippen LogP contribution in [0.4, 0.5) is 18.9 Å². The number of nitrogens with one attached hydrogen (secondary N) is 1. The molecule has 0 unspecified atom stereocenters. The lowest BCUT2D eigenvalue weighted by atomic mass is 10.1. The zero-order chi connectivity index (χ0) is 17.3. The van der Waals surface area contributed by atoms with E-state index in [0.717, 1.165) is 12.1 Å². The predicted octanol–water partition coefficient (Wildman–Crippen LogP) is 4.38. The number of fused-ring (bicyclic) bond motifs is 1. The van der Waals surface area contributed by atoms with Crippen LogP contribution >= 0.6 is 11.6 Å². The average molecular weight is 358 g/mol. The Kier molecular flexibility index (Phi) is 4.28. The number of carbonyl (C=O) groups is 1. The molecule has 2 aromatic carbocycles. The highest BCUT2D eigenvalue weighted by molar-refractivity contribution is 6.34. The highest BCUT2D eigenvalue weighted by Gasteiger charge is 2.35. The Hall–Kier alpha value is -2.41. The van der Waals surface area contributed by atoms with Crippen molar-refractivity contribution >= 4 is 23.2 Å². The first kappa shape index (κ1) is 16.4. The summed E-state index contributed by atoms with van der Waals surface area (Å²) in [6.45, 7) is 0.701. The number of hydrogen-bond donors (Lipinski definition) is 1. The third-order valence-electron chi connectivity index (χ3n) is 3.36. The lowest BCUT2D eigenvalue weighted by Gasteiger charge is -2.20. The molecule has 0 saturated carbocycles. The van der Waals surface area contributed by atoms with Crippen molar-refractivity contribution in [1.29, 1.82) is 0 Å². The minimum Gasteiger partial charge on any atom is -0.486 e. The van der Waals surface area contributed by atoms with Crippen LogP contribution < -0.4 is 14.8 Å². The number of alkyl halides is 3. The Morgan fingerprint density at radius 3 is 2.38 bits per heavy atom. The second-order valence-electron chi connectivity index (χ2n) is 4.97. The summed E-state index contributed by atoms with van der Waals surface area (Å²) in [5.41, 5.74) is -1.37. The second-order valence-corrected chi connectivity index (χ2v) is 5.38. The predicted molar refractivity (Wildman–Crippen MR) is 81.8 cm³/mol. The number of rotatable bonds is 2. The summed E-state index contributed by atoms with van der Waals surface area (Å²) in [5, 5.41) is 2.52. The minimum absolute atomic E-state index is 0.136. The van der Waals surface area contributed by atoms with Crippen molar-refractivity contribution < 1.29 is 27.4 Å². The van der Waals surface area contributed by atoms with Gasteiger partial charge in [-0.15, -0.1) is 0 Å². The lowest BCUT2D eigenvalue weighted by Crippen LogP contribution is -2.19. The summed E-state index contributed by atoms with van der Waals surface area (Å²) in [7, 11) is 0. The number of halogens is 4. The Balaban J connectivity index is 1.91. The third-order valence-corrected chi connectivity index (χ3v) is 3.67. The van der Waals surface area contributed by atoms with Crippen LogP contribution in [0.25, 0.3) is 0 Å². The molecular weight excluding hydrogens is 347 g/mol. The van der Waals surface area contributed by atoms with Crippen LogP contribution in [-0.2, 0) is 6.18 Å². The summed E-state index contributed by atoms with van der Waals surface area (Å²) >= 11 is 6.05. The topological polar surface area (TPSA) is 47.6 Å². The summed E-state index contributed by atoms with van der Waals surface area (Å²) in [4.78, 5) is 12.3. The molecule has 1 N–H and O–H groups in total. The highest BCUT2D eigenvalue weighted by Crippen LogP contribution is 2.38. The van der Waals surface area contributed by atoms with E-state index in [-0.39, 0.29) is 10.7 Å². The number of hydrogen-bond acceptors (Lipinski definition) is 3. The maximum Gasteiger partial charge on any atom is 0.417 e. The van der Waals surface area contributed by atoms with Crippen molar-refractivity contribution in [1.82, 2.24) is 0 Å². The standard InChI is InChI=1S/C16H11ClF3NO3/c17-11-7-13-14(24-6-5-23-13)8-12(11)21-15(22)9-3-1-2-4-10(9)16(18,19)20/h1-4,7-8H,5-6H2,(H,21,22). The molecule has 3 rings (SSSR count). The fraction of sp³-hybridized carbons (Fsp3) is 0.188. The van der Waals surface area contributed by atoms with Gasteiger partial charge in [-0.05, 0) is 12.1 Å². The van der Waals surface area contributed by atoms with Crippen LogP contribution in [0.5, 0.6) is 11.5 Å². The lowest BCUT2D eigenvalue weighted by molar-refractivity contribution is -0.137. The zero-order valence-corrected chi connectivity index (χ0v) is 12.9. The van der Waals surface area contributed by atoms with Crippen molar-refractivity contribution in [2.75, 3.05) is 18.5 Å². The molecule has 1 aliphatic rings. The van der Waals surface area contributed by atoms with Crippen LogP contribution in [0.1, 0.15) is 15.9 Å². The molecule has 0 radical (unpaired) electrons. The number of carbonyl (C=O) groups excluding carboxylic acids is 1. The number of benzene rings is 2. The van der Waals surface area contributed by atoms with Gasteiger partial charge in [0, 0.05) is 12.1 Å². The van der Waals surface area contributed by atoms with Crippen molar-refractivity contribution in [3.8, 4) is 11.5 Å². The first-order valence-corrected chi connectivity index (χ1v) is 7.31. The van der Waals surface area contributed by atoms with Gasteiger partial charge in [-0.1, -0.05) is 23.7 Å². The van der Waals surface area contributed by atoms with E-state index in [9.17, 15) is 18.0 Å². The van der Waals surface area contributed by atoms with Gasteiger partial charge in [0.2, 0.25) is 0 Å². The van der Waals surface area contributed by atoms with Gasteiger partial charge in [0.15, 0.2) is 11.5 Å². The van der Waals surface area contributed by atoms with Gasteiger partial charge in [-0.3, -0.25) is 4.79 Å². The van der Waals surface area contributed by atoms with E-state index < -0.39 is 23.2 Å². The largest absolute Gasteiger partial charge is 0.486 e. The molecular formula is C16H11ClF3NO3. The maximum absolute atomic E-state index is 13.0. The van der Waals surface area contributed by atoms with Gasteiger partial charge in [0.1, 0.15) is 13.2 Å². The molecule has 0 saturated heterocycles. The number of anilines is 1. The number of ether oxygens (including phenoxy) is 2. The average Bonchev–Trinajstić information content (AvgIpc) is 2.54. The maximum atomic E-state index is 13.0. The molecule has 0 atom stereocenters. The van der Waals surface area contributed by atoms with Gasteiger partial charge in [-0.25, -0.2) is 0 Å². The molecule has 1 amide bonds. The first-order valence-electron chi connectivity index (χ1n) is 6.93. The molecule has 0 spiro atoms. The Morgan fingerprint density at radius 1 is 1.08 bits per heavy atom. The van der Waals surface area contributed by atoms with E-state index in [2.05, 4.69) is 5.32 Å². The zero-order valence-electron chi connectivity index (χ0n) is 12.1. The normalized spacial score (nSPS) is 13.5. The van der Waals surface area contributed by atoms with Gasteiger partial charge >= 0.3 is 6.18 Å². The fourth-order valence-corrected chi connectivity index (χ4v) is 2.48. The van der Waals surface area contributed by atoms with E-state index >= 15 is 0 Å². The van der Waals surface area contributed by atoms with Crippen LogP contribution in [0.15, 0.2) is 36.4 Å². The van der Waals surface area contributed by atoms with Gasteiger partial charge in [0.05, 0.1) is 21.8 Å². The van der Waals surface area contributed by atoms with E-state index in [4.69, 9.17) is 21.1 Å². The van der Waals surface area contributed by atoms with Crippen LogP contribution in [-0.4, -0.2) is 19.1 Å². The summed E-state index contributed by atoms with van der Waals surface area (Å²) in [6, 6.07) is 7.39. The van der Waals surface area contributed by atoms with Crippen LogP contribution in [0.3, 0.4) is 0 Å². The van der Waals surface area contributed by atoms with E-state index in [1.165, 1.54) is 24.3 Å². The van der Waals surface area contributed by atoms with Crippen LogP contribution in [0, 0.1) is 0 Å². The Morgan fingerprint density at radius 2 is 1.71 bits per heavy atom. The molecule has 126 valence electrons. The highest BCUT2D eigenvalue weighted by atomic mass is 35.5. The van der Waals surface area contributed by atoms with E-state index in [0.29, 0.717) is 24.7 Å². The minimum atomic E-state index is -4.63. The molecule has 0 fully saturated rings. The van der Waals surface area contributed by atoms with Crippen molar-refractivity contribution in [3.63, 3.8) is 0 Å². The number of amides is 1. The molecule has 0 aliphatic carbocycles. The summed E-state index contributed by atoms with van der Waals surface area (Å²) < 4.78 is 49.7. The van der Waals surface area contributed by atoms with E-state index in [1.54, 1.807) is 0 Å². The molecule has 24 heavy (non-hydrogen) atoms. The summed E-state index contributed by atoms with van der Waals surface area (Å²) in [6.07, 6.45) is -4.63. The fourth-order valence-electron chi connectivity index (χ4n) is 2.28. The monoisotopic (exact) mass is 357 g/mol. The third kappa shape index (κ3) is 3.26. The van der Waals surface area contributed by atoms with Gasteiger partial charge in [-0.2, -0.15) is 13.2 Å². The van der Waals surface area contributed by atoms with Crippen LogP contribution in [0.2, 0.25) is 5.02 Å². The molecule has 2 aromatic rings. The van der Waals surface area contributed by atoms with Crippen molar-refractivity contribution in [3.05, 3.63) is 52.5 Å². The Labute approximate surface area is 140 Å². The van der Waals surface area contributed by atoms with Crippen molar-refractivity contribution in [2.24, 2.45) is 0 Å². The molecule has 1 heterocycles. The molecule has 4 nitrogen and oxygen atoms in total. The second kappa shape index (κ2) is 6.24. The molecule has 1 aliphatic heterocycles. The molecule has 8 heteroatoms. The van der Waals surface area contributed by atoms with Gasteiger partial charge < -0.3 is 14.8 Å². The molecule has 0 bridgehead atoms. The smallest absolute Gasteiger partial charge is 0.417 e. The van der Waals surface area contributed by atoms with E-state index in [1.807, 2.05) is 0 Å². The SMILES string of the molecule is O=C(Nc1cc2c(cc1Cl)OCCO2)c1ccccc1C(F)(F)F. The van der Waals surface area contributed by atoms with Crippen molar-refractivity contribution in [2.45, 2.75) is 6.18 Å². The molecule has 0 aromatic heterocycles. The van der Waals surface area contributed by atoms with Gasteiger partial charge in [0.25, 0.3) is 5.91 Å².